The number of aliphatic hydroxyl groups excluding tert-OH is 1. The standard InChI is InChI=1S/C15H19NO3S2/c1-2-14-6-7-15(20-14)9-16-21(18,19)11-13-5-3-4-12(8-13)10-17/h3-8,16-17H,2,9-11H2,1H3. The Morgan fingerprint density at radius 3 is 2.52 bits per heavy atom. The number of sulfonamides is 1. The summed E-state index contributed by atoms with van der Waals surface area (Å²) in [4.78, 5) is 2.26. The molecule has 2 N–H and O–H groups in total. The molecule has 1 aromatic heterocycles. The van der Waals surface area contributed by atoms with Gasteiger partial charge in [0.15, 0.2) is 0 Å². The average Bonchev–Trinajstić information content (AvgIpc) is 2.93. The molecule has 0 bridgehead atoms. The lowest BCUT2D eigenvalue weighted by atomic mass is 10.1. The van der Waals surface area contributed by atoms with Crippen LogP contribution in [0.1, 0.15) is 27.8 Å². The van der Waals surface area contributed by atoms with Crippen molar-refractivity contribution in [2.75, 3.05) is 0 Å². The van der Waals surface area contributed by atoms with Crippen molar-refractivity contribution in [2.45, 2.75) is 32.2 Å². The Hall–Kier alpha value is -1.21. The van der Waals surface area contributed by atoms with E-state index in [0.29, 0.717) is 17.7 Å². The highest BCUT2D eigenvalue weighted by molar-refractivity contribution is 7.88. The fourth-order valence-corrected chi connectivity index (χ4v) is 4.06. The number of rotatable bonds is 7. The predicted molar refractivity (Wildman–Crippen MR) is 85.5 cm³/mol. The van der Waals surface area contributed by atoms with Gasteiger partial charge in [-0.1, -0.05) is 31.2 Å². The molecular weight excluding hydrogens is 306 g/mol. The monoisotopic (exact) mass is 325 g/mol. The molecule has 0 fully saturated rings. The number of benzene rings is 1. The number of nitrogens with one attached hydrogen (secondary N) is 1. The fourth-order valence-electron chi connectivity index (χ4n) is 1.98. The minimum Gasteiger partial charge on any atom is -0.392 e. The first-order valence-electron chi connectivity index (χ1n) is 6.76. The van der Waals surface area contributed by atoms with Crippen molar-refractivity contribution in [2.24, 2.45) is 0 Å². The third-order valence-electron chi connectivity index (χ3n) is 3.06. The molecular formula is C15H19NO3S2. The molecule has 21 heavy (non-hydrogen) atoms. The average molecular weight is 325 g/mol. The van der Waals surface area contributed by atoms with Crippen LogP contribution in [0.4, 0.5) is 0 Å². The van der Waals surface area contributed by atoms with Crippen molar-refractivity contribution < 1.29 is 13.5 Å². The second-order valence-electron chi connectivity index (χ2n) is 4.78. The lowest BCUT2D eigenvalue weighted by Crippen LogP contribution is -2.24. The topological polar surface area (TPSA) is 66.4 Å². The lowest BCUT2D eigenvalue weighted by molar-refractivity contribution is 0.282. The smallest absolute Gasteiger partial charge is 0.216 e. The summed E-state index contributed by atoms with van der Waals surface area (Å²) >= 11 is 1.63. The molecule has 0 atom stereocenters. The molecule has 114 valence electrons. The van der Waals surface area contributed by atoms with Crippen molar-refractivity contribution >= 4 is 21.4 Å². The van der Waals surface area contributed by atoms with E-state index < -0.39 is 10.0 Å². The van der Waals surface area contributed by atoms with E-state index >= 15 is 0 Å². The third-order valence-corrected chi connectivity index (χ3v) is 5.59. The van der Waals surface area contributed by atoms with E-state index in [9.17, 15) is 8.42 Å². The Morgan fingerprint density at radius 2 is 1.86 bits per heavy atom. The molecule has 1 heterocycles. The second kappa shape index (κ2) is 7.17. The van der Waals surface area contributed by atoms with E-state index in [1.165, 1.54) is 4.88 Å². The van der Waals surface area contributed by atoms with Gasteiger partial charge in [-0.05, 0) is 29.7 Å². The first-order valence-corrected chi connectivity index (χ1v) is 9.23. The molecule has 0 unspecified atom stereocenters. The molecule has 2 rings (SSSR count). The summed E-state index contributed by atoms with van der Waals surface area (Å²) in [6.45, 7) is 2.32. The molecule has 0 aliphatic rings. The molecule has 0 saturated carbocycles. The number of thiophene rings is 1. The van der Waals surface area contributed by atoms with Crippen LogP contribution in [0.15, 0.2) is 36.4 Å². The van der Waals surface area contributed by atoms with Crippen molar-refractivity contribution in [1.29, 1.82) is 0 Å². The van der Waals surface area contributed by atoms with Gasteiger partial charge in [-0.25, -0.2) is 13.1 Å². The summed E-state index contributed by atoms with van der Waals surface area (Å²) in [7, 11) is -3.38. The highest BCUT2D eigenvalue weighted by Crippen LogP contribution is 2.17. The molecule has 0 saturated heterocycles. The number of hydrogen-bond acceptors (Lipinski definition) is 4. The molecule has 1 aromatic carbocycles. The SMILES string of the molecule is CCc1ccc(CNS(=O)(=O)Cc2cccc(CO)c2)s1. The predicted octanol–water partition coefficient (Wildman–Crippen LogP) is 2.42. The van der Waals surface area contributed by atoms with Crippen LogP contribution in [0.5, 0.6) is 0 Å². The quantitative estimate of drug-likeness (QED) is 0.821. The van der Waals surface area contributed by atoms with Crippen LogP contribution < -0.4 is 4.72 Å². The summed E-state index contributed by atoms with van der Waals surface area (Å²) in [6, 6.07) is 11.0. The van der Waals surface area contributed by atoms with Crippen LogP contribution >= 0.6 is 11.3 Å². The van der Waals surface area contributed by atoms with Gasteiger partial charge in [0.05, 0.1) is 12.4 Å². The minimum absolute atomic E-state index is 0.0765. The fraction of sp³-hybridized carbons (Fsp3) is 0.333. The van der Waals surface area contributed by atoms with E-state index in [4.69, 9.17) is 5.11 Å². The summed E-state index contributed by atoms with van der Waals surface area (Å²) in [5, 5.41) is 9.07. The van der Waals surface area contributed by atoms with Crippen LogP contribution in [-0.2, 0) is 35.3 Å². The highest BCUT2D eigenvalue weighted by Gasteiger charge is 2.12. The maximum absolute atomic E-state index is 12.1. The van der Waals surface area contributed by atoms with Gasteiger partial charge in [-0.2, -0.15) is 0 Å². The van der Waals surface area contributed by atoms with Crippen LogP contribution in [0.3, 0.4) is 0 Å². The molecule has 6 heteroatoms. The highest BCUT2D eigenvalue weighted by atomic mass is 32.2. The van der Waals surface area contributed by atoms with Gasteiger partial charge < -0.3 is 5.11 Å². The zero-order valence-electron chi connectivity index (χ0n) is 11.9. The third kappa shape index (κ3) is 4.93. The first kappa shape index (κ1) is 16.2. The van der Waals surface area contributed by atoms with Crippen LogP contribution in [-0.4, -0.2) is 13.5 Å². The van der Waals surface area contributed by atoms with Crippen LogP contribution in [0.2, 0.25) is 0 Å². The van der Waals surface area contributed by atoms with Crippen LogP contribution in [0.25, 0.3) is 0 Å². The Morgan fingerprint density at radius 1 is 1.14 bits per heavy atom. The van der Waals surface area contributed by atoms with E-state index in [0.717, 1.165) is 11.3 Å². The van der Waals surface area contributed by atoms with Gasteiger partial charge in [0.1, 0.15) is 0 Å². The van der Waals surface area contributed by atoms with Gasteiger partial charge >= 0.3 is 0 Å². The Balaban J connectivity index is 1.98. The molecule has 0 radical (unpaired) electrons. The second-order valence-corrected chi connectivity index (χ2v) is 7.84. The van der Waals surface area contributed by atoms with Gasteiger partial charge in [0, 0.05) is 16.3 Å². The van der Waals surface area contributed by atoms with Crippen molar-refractivity contribution in [3.8, 4) is 0 Å². The largest absolute Gasteiger partial charge is 0.392 e. The van der Waals surface area contributed by atoms with Gasteiger partial charge in [-0.3, -0.25) is 0 Å². The van der Waals surface area contributed by atoms with Gasteiger partial charge in [0.2, 0.25) is 10.0 Å². The van der Waals surface area contributed by atoms with E-state index in [1.807, 2.05) is 12.1 Å². The maximum Gasteiger partial charge on any atom is 0.216 e. The zero-order chi connectivity index (χ0) is 15.3. The first-order chi connectivity index (χ1) is 10.0. The van der Waals surface area contributed by atoms with Gasteiger partial charge in [-0.15, -0.1) is 11.3 Å². The number of aryl methyl sites for hydroxylation is 1. The Kier molecular flexibility index (Phi) is 5.52. The van der Waals surface area contributed by atoms with E-state index in [1.54, 1.807) is 35.6 Å². The maximum atomic E-state index is 12.1. The van der Waals surface area contributed by atoms with E-state index in [-0.39, 0.29) is 12.4 Å². The molecule has 0 spiro atoms. The molecule has 0 amide bonds. The Bertz CT molecular complexity index is 692. The minimum atomic E-state index is -3.38. The molecule has 0 aliphatic carbocycles. The van der Waals surface area contributed by atoms with Crippen LogP contribution in [0, 0.1) is 0 Å². The molecule has 2 aromatic rings. The molecule has 0 aliphatic heterocycles. The van der Waals surface area contributed by atoms with Crippen molar-refractivity contribution in [3.63, 3.8) is 0 Å². The number of aliphatic hydroxyl groups is 1. The number of hydrogen-bond donors (Lipinski definition) is 2. The Labute approximate surface area is 129 Å². The normalized spacial score (nSPS) is 11.7. The summed E-state index contributed by atoms with van der Waals surface area (Å²) in [5.41, 5.74) is 1.39. The van der Waals surface area contributed by atoms with Crippen molar-refractivity contribution in [3.05, 3.63) is 57.3 Å². The van der Waals surface area contributed by atoms with Crippen molar-refractivity contribution in [1.82, 2.24) is 4.72 Å². The zero-order valence-corrected chi connectivity index (χ0v) is 13.5. The van der Waals surface area contributed by atoms with E-state index in [2.05, 4.69) is 11.6 Å². The molecule has 4 nitrogen and oxygen atoms in total. The summed E-state index contributed by atoms with van der Waals surface area (Å²) in [6.07, 6.45) is 0.964. The summed E-state index contributed by atoms with van der Waals surface area (Å²) < 4.78 is 26.8. The van der Waals surface area contributed by atoms with Gasteiger partial charge in [0.25, 0.3) is 0 Å². The summed E-state index contributed by atoms with van der Waals surface area (Å²) in [5.74, 6) is -0.0765. The lowest BCUT2D eigenvalue weighted by Gasteiger charge is -2.07.